The van der Waals surface area contributed by atoms with Gasteiger partial charge in [-0.25, -0.2) is 0 Å². The Morgan fingerprint density at radius 2 is 1.60 bits per heavy atom. The summed E-state index contributed by atoms with van der Waals surface area (Å²) in [4.78, 5) is 29.7. The number of benzene rings is 2. The fourth-order valence-electron chi connectivity index (χ4n) is 3.72. The number of thiophene rings is 1. The molecular formula is C24H26N3O2S+. The van der Waals surface area contributed by atoms with Gasteiger partial charge in [0.05, 0.1) is 37.6 Å². The summed E-state index contributed by atoms with van der Waals surface area (Å²) in [5.41, 5.74) is 2.74. The maximum absolute atomic E-state index is 12.5. The van der Waals surface area contributed by atoms with Gasteiger partial charge < -0.3 is 15.1 Å². The molecule has 1 aromatic heterocycles. The molecule has 0 aliphatic carbocycles. The summed E-state index contributed by atoms with van der Waals surface area (Å²) in [6, 6.07) is 21.7. The topological polar surface area (TPSA) is 53.9 Å². The third-order valence-corrected chi connectivity index (χ3v) is 6.36. The van der Waals surface area contributed by atoms with Crippen LogP contribution >= 0.6 is 11.3 Å². The predicted octanol–water partition coefficient (Wildman–Crippen LogP) is 2.07. The van der Waals surface area contributed by atoms with E-state index in [1.165, 1.54) is 9.78 Å². The van der Waals surface area contributed by atoms with E-state index in [0.29, 0.717) is 5.56 Å². The third-order valence-electron chi connectivity index (χ3n) is 5.48. The van der Waals surface area contributed by atoms with E-state index in [2.05, 4.69) is 22.8 Å². The highest BCUT2D eigenvalue weighted by molar-refractivity contribution is 7.09. The van der Waals surface area contributed by atoms with Crippen LogP contribution < -0.4 is 10.2 Å². The van der Waals surface area contributed by atoms with Crippen LogP contribution in [0.1, 0.15) is 15.2 Å². The second kappa shape index (κ2) is 9.69. The number of nitrogens with zero attached hydrogens (tertiary/aromatic N) is 1. The zero-order chi connectivity index (χ0) is 20.8. The van der Waals surface area contributed by atoms with Gasteiger partial charge in [-0.05, 0) is 34.7 Å². The van der Waals surface area contributed by atoms with Crippen molar-refractivity contribution >= 4 is 23.2 Å². The lowest BCUT2D eigenvalue weighted by atomic mass is 10.0. The standard InChI is InChI=1S/C24H25N3O2S/c28-23(27-14-12-26(13-15-27)18-22-7-4-16-30-22)17-25-24(29)21-10-8-20(9-11-21)19-5-2-1-3-6-19/h1-11,16H,12-15,17-18H2,(H,25,29)/p+1. The maximum Gasteiger partial charge on any atom is 0.251 e. The first kappa shape index (κ1) is 20.3. The second-order valence-corrected chi connectivity index (χ2v) is 8.55. The van der Waals surface area contributed by atoms with Crippen molar-refractivity contribution in [3.05, 3.63) is 82.6 Å². The number of hydrogen-bond acceptors (Lipinski definition) is 3. The monoisotopic (exact) mass is 420 g/mol. The molecule has 0 unspecified atom stereocenters. The molecule has 30 heavy (non-hydrogen) atoms. The molecule has 0 atom stereocenters. The van der Waals surface area contributed by atoms with E-state index in [1.807, 2.05) is 47.4 Å². The average Bonchev–Trinajstić information content (AvgIpc) is 3.31. The summed E-state index contributed by atoms with van der Waals surface area (Å²) in [7, 11) is 0. The Morgan fingerprint density at radius 1 is 0.900 bits per heavy atom. The highest BCUT2D eigenvalue weighted by atomic mass is 32.1. The van der Waals surface area contributed by atoms with E-state index in [1.54, 1.807) is 23.5 Å². The highest BCUT2D eigenvalue weighted by Gasteiger charge is 2.24. The molecule has 4 rings (SSSR count). The molecule has 0 bridgehead atoms. The average molecular weight is 421 g/mol. The molecule has 154 valence electrons. The Labute approximate surface area is 180 Å². The molecule has 2 aromatic carbocycles. The van der Waals surface area contributed by atoms with Gasteiger partial charge in [0, 0.05) is 5.56 Å². The van der Waals surface area contributed by atoms with E-state index < -0.39 is 0 Å². The Hall–Kier alpha value is -2.96. The summed E-state index contributed by atoms with van der Waals surface area (Å²) in [5, 5.41) is 4.87. The molecule has 1 aliphatic heterocycles. The van der Waals surface area contributed by atoms with Crippen LogP contribution in [0.25, 0.3) is 11.1 Å². The number of rotatable bonds is 6. The van der Waals surface area contributed by atoms with Crippen LogP contribution in [0.5, 0.6) is 0 Å². The molecule has 0 saturated carbocycles. The van der Waals surface area contributed by atoms with Crippen LogP contribution in [0.15, 0.2) is 72.1 Å². The van der Waals surface area contributed by atoms with Crippen LogP contribution in [-0.4, -0.2) is 49.4 Å². The zero-order valence-electron chi connectivity index (χ0n) is 16.8. The molecule has 0 spiro atoms. The lowest BCUT2D eigenvalue weighted by molar-refractivity contribution is -0.917. The quantitative estimate of drug-likeness (QED) is 0.642. The van der Waals surface area contributed by atoms with Gasteiger partial charge in [-0.3, -0.25) is 9.59 Å². The summed E-state index contributed by atoms with van der Waals surface area (Å²) in [6.45, 7) is 4.42. The normalized spacial score (nSPS) is 14.5. The van der Waals surface area contributed by atoms with Crippen LogP contribution in [-0.2, 0) is 11.3 Å². The van der Waals surface area contributed by atoms with Crippen molar-refractivity contribution in [2.45, 2.75) is 6.54 Å². The lowest BCUT2D eigenvalue weighted by Gasteiger charge is -2.32. The van der Waals surface area contributed by atoms with E-state index in [0.717, 1.165) is 43.9 Å². The van der Waals surface area contributed by atoms with Crippen molar-refractivity contribution in [2.24, 2.45) is 0 Å². The SMILES string of the molecule is O=C(NCC(=O)N1CC[NH+](Cc2cccs2)CC1)c1ccc(-c2ccccc2)cc1. The molecule has 0 radical (unpaired) electrons. The van der Waals surface area contributed by atoms with Gasteiger partial charge in [-0.1, -0.05) is 48.5 Å². The van der Waals surface area contributed by atoms with Crippen molar-refractivity contribution in [1.82, 2.24) is 10.2 Å². The molecule has 2 N–H and O–H groups in total. The van der Waals surface area contributed by atoms with E-state index in [-0.39, 0.29) is 18.4 Å². The molecule has 2 heterocycles. The van der Waals surface area contributed by atoms with Crippen LogP contribution in [0, 0.1) is 0 Å². The number of piperazine rings is 1. The molecule has 1 fully saturated rings. The van der Waals surface area contributed by atoms with Gasteiger partial charge in [0.2, 0.25) is 5.91 Å². The van der Waals surface area contributed by atoms with Crippen LogP contribution in [0.3, 0.4) is 0 Å². The Morgan fingerprint density at radius 3 is 2.27 bits per heavy atom. The van der Waals surface area contributed by atoms with Gasteiger partial charge in [0.15, 0.2) is 0 Å². The number of quaternary nitrogens is 1. The van der Waals surface area contributed by atoms with E-state index >= 15 is 0 Å². The largest absolute Gasteiger partial charge is 0.343 e. The summed E-state index contributed by atoms with van der Waals surface area (Å²) < 4.78 is 0. The van der Waals surface area contributed by atoms with Gasteiger partial charge in [0.25, 0.3) is 5.91 Å². The summed E-state index contributed by atoms with van der Waals surface area (Å²) in [5.74, 6) is -0.232. The Balaban J connectivity index is 1.23. The molecule has 5 nitrogen and oxygen atoms in total. The van der Waals surface area contributed by atoms with Gasteiger partial charge in [-0.2, -0.15) is 0 Å². The second-order valence-electron chi connectivity index (χ2n) is 7.51. The number of carbonyl (C=O) groups excluding carboxylic acids is 2. The van der Waals surface area contributed by atoms with Gasteiger partial charge in [0.1, 0.15) is 6.54 Å². The van der Waals surface area contributed by atoms with Crippen molar-refractivity contribution in [2.75, 3.05) is 32.7 Å². The molecular weight excluding hydrogens is 394 g/mol. The first-order valence-electron chi connectivity index (χ1n) is 10.3. The maximum atomic E-state index is 12.5. The predicted molar refractivity (Wildman–Crippen MR) is 120 cm³/mol. The minimum atomic E-state index is -0.218. The summed E-state index contributed by atoms with van der Waals surface area (Å²) in [6.07, 6.45) is 0. The zero-order valence-corrected chi connectivity index (χ0v) is 17.7. The van der Waals surface area contributed by atoms with E-state index in [4.69, 9.17) is 0 Å². The third kappa shape index (κ3) is 5.14. The minimum absolute atomic E-state index is 0.0144. The first-order valence-corrected chi connectivity index (χ1v) is 11.1. The first-order chi connectivity index (χ1) is 14.7. The fourth-order valence-corrected chi connectivity index (χ4v) is 4.50. The van der Waals surface area contributed by atoms with E-state index in [9.17, 15) is 9.59 Å². The molecule has 3 aromatic rings. The molecule has 1 saturated heterocycles. The molecule has 2 amide bonds. The Bertz CT molecular complexity index is 963. The number of hydrogen-bond donors (Lipinski definition) is 2. The van der Waals surface area contributed by atoms with Crippen LogP contribution in [0.2, 0.25) is 0 Å². The van der Waals surface area contributed by atoms with Crippen molar-refractivity contribution in [3.8, 4) is 11.1 Å². The lowest BCUT2D eigenvalue weighted by Crippen LogP contribution is -3.13. The number of amides is 2. The number of nitrogens with one attached hydrogen (secondary N) is 2. The van der Waals surface area contributed by atoms with Crippen molar-refractivity contribution in [1.29, 1.82) is 0 Å². The minimum Gasteiger partial charge on any atom is -0.343 e. The highest BCUT2D eigenvalue weighted by Crippen LogP contribution is 2.19. The van der Waals surface area contributed by atoms with Crippen molar-refractivity contribution in [3.63, 3.8) is 0 Å². The van der Waals surface area contributed by atoms with Crippen LogP contribution in [0.4, 0.5) is 0 Å². The number of carbonyl (C=O) groups is 2. The summed E-state index contributed by atoms with van der Waals surface area (Å²) >= 11 is 1.78. The fraction of sp³-hybridized carbons (Fsp3) is 0.250. The van der Waals surface area contributed by atoms with Gasteiger partial charge in [-0.15, -0.1) is 11.3 Å². The molecule has 1 aliphatic rings. The smallest absolute Gasteiger partial charge is 0.251 e. The van der Waals surface area contributed by atoms with Gasteiger partial charge >= 0.3 is 0 Å². The Kier molecular flexibility index (Phi) is 6.57. The molecule has 6 heteroatoms. The van der Waals surface area contributed by atoms with Crippen molar-refractivity contribution < 1.29 is 14.5 Å².